The smallest absolute Gasteiger partial charge is 0.266 e. The normalized spacial score (nSPS) is 11.0. The molecule has 1 aromatic heterocycles. The average Bonchev–Trinajstić information content (AvgIpc) is 2.73. The van der Waals surface area contributed by atoms with E-state index in [2.05, 4.69) is 18.8 Å². The van der Waals surface area contributed by atoms with E-state index in [9.17, 15) is 4.79 Å². The molecule has 0 aliphatic rings. The minimum atomic E-state index is 0.0115. The number of nitrogens with zero attached hydrogens (tertiary/aromatic N) is 2. The number of nitrogen functional groups attached to an aromatic ring is 1. The number of thiazole rings is 1. The van der Waals surface area contributed by atoms with Crippen LogP contribution in [0.1, 0.15) is 42.1 Å². The number of methoxy groups -OCH3 is 1. The number of anilines is 1. The standard InChI is InChI=1S/C13H23N3O2S/c1-5-10(6-2)16(7-8-18-4)12(17)11-9(3)15-13(14)19-11/h10H,5-8H2,1-4H3,(H2,14,15). The zero-order valence-corrected chi connectivity index (χ0v) is 12.9. The van der Waals surface area contributed by atoms with Gasteiger partial charge in [0.1, 0.15) is 4.88 Å². The molecule has 0 saturated carbocycles. The number of carbonyl (C=O) groups excluding carboxylic acids is 1. The van der Waals surface area contributed by atoms with Gasteiger partial charge in [0.25, 0.3) is 5.91 Å². The lowest BCUT2D eigenvalue weighted by Gasteiger charge is -2.30. The molecule has 1 rings (SSSR count). The molecule has 2 N–H and O–H groups in total. The number of hydrogen-bond acceptors (Lipinski definition) is 5. The van der Waals surface area contributed by atoms with E-state index in [1.165, 1.54) is 11.3 Å². The quantitative estimate of drug-likeness (QED) is 0.834. The first-order chi connectivity index (χ1) is 9.04. The van der Waals surface area contributed by atoms with Crippen molar-refractivity contribution in [3.05, 3.63) is 10.6 Å². The fourth-order valence-electron chi connectivity index (χ4n) is 2.12. The molecule has 1 aromatic rings. The van der Waals surface area contributed by atoms with Gasteiger partial charge in [0.15, 0.2) is 5.13 Å². The predicted molar refractivity (Wildman–Crippen MR) is 78.5 cm³/mol. The summed E-state index contributed by atoms with van der Waals surface area (Å²) in [7, 11) is 1.64. The highest BCUT2D eigenvalue weighted by Crippen LogP contribution is 2.23. The molecular weight excluding hydrogens is 262 g/mol. The fraction of sp³-hybridized carbons (Fsp3) is 0.692. The van der Waals surface area contributed by atoms with Crippen molar-refractivity contribution >= 4 is 22.4 Å². The number of ether oxygens (including phenoxy) is 1. The van der Waals surface area contributed by atoms with E-state index in [-0.39, 0.29) is 11.9 Å². The van der Waals surface area contributed by atoms with Crippen LogP contribution in [0.3, 0.4) is 0 Å². The second-order valence-corrected chi connectivity index (χ2v) is 5.46. The van der Waals surface area contributed by atoms with Gasteiger partial charge < -0.3 is 15.4 Å². The van der Waals surface area contributed by atoms with Crippen molar-refractivity contribution in [2.45, 2.75) is 39.7 Å². The monoisotopic (exact) mass is 285 g/mol. The Hall–Kier alpha value is -1.14. The van der Waals surface area contributed by atoms with Crippen LogP contribution >= 0.6 is 11.3 Å². The molecule has 0 bridgehead atoms. The van der Waals surface area contributed by atoms with Crippen LogP contribution in [-0.4, -0.2) is 42.1 Å². The maximum Gasteiger partial charge on any atom is 0.266 e. The highest BCUT2D eigenvalue weighted by molar-refractivity contribution is 7.17. The van der Waals surface area contributed by atoms with Crippen molar-refractivity contribution in [1.82, 2.24) is 9.88 Å². The summed E-state index contributed by atoms with van der Waals surface area (Å²) >= 11 is 1.26. The lowest BCUT2D eigenvalue weighted by atomic mass is 10.1. The molecule has 108 valence electrons. The SMILES string of the molecule is CCC(CC)N(CCOC)C(=O)c1sc(N)nc1C. The Bertz CT molecular complexity index is 416. The zero-order chi connectivity index (χ0) is 14.4. The summed E-state index contributed by atoms with van der Waals surface area (Å²) in [5.74, 6) is 0.0115. The molecule has 0 spiro atoms. The molecule has 6 heteroatoms. The number of amides is 1. The summed E-state index contributed by atoms with van der Waals surface area (Å²) in [6.07, 6.45) is 1.86. The van der Waals surface area contributed by atoms with Crippen molar-refractivity contribution < 1.29 is 9.53 Å². The van der Waals surface area contributed by atoms with E-state index in [1.807, 2.05) is 11.8 Å². The van der Waals surface area contributed by atoms with Crippen LogP contribution in [0.25, 0.3) is 0 Å². The molecule has 0 radical (unpaired) electrons. The number of aromatic nitrogens is 1. The molecule has 0 fully saturated rings. The third kappa shape index (κ3) is 3.91. The van der Waals surface area contributed by atoms with E-state index in [1.54, 1.807) is 7.11 Å². The second-order valence-electron chi connectivity index (χ2n) is 4.43. The Morgan fingerprint density at radius 2 is 2.11 bits per heavy atom. The molecule has 0 aliphatic heterocycles. The van der Waals surface area contributed by atoms with Crippen LogP contribution in [0.5, 0.6) is 0 Å². The van der Waals surface area contributed by atoms with Gasteiger partial charge in [-0.25, -0.2) is 4.98 Å². The van der Waals surface area contributed by atoms with Gasteiger partial charge in [0, 0.05) is 19.7 Å². The largest absolute Gasteiger partial charge is 0.383 e. The minimum absolute atomic E-state index is 0.0115. The first-order valence-electron chi connectivity index (χ1n) is 6.57. The highest BCUT2D eigenvalue weighted by atomic mass is 32.1. The lowest BCUT2D eigenvalue weighted by molar-refractivity contribution is 0.0593. The first kappa shape index (κ1) is 15.9. The van der Waals surface area contributed by atoms with Crippen molar-refractivity contribution in [1.29, 1.82) is 0 Å². The van der Waals surface area contributed by atoms with Crippen LogP contribution in [0.15, 0.2) is 0 Å². The van der Waals surface area contributed by atoms with Crippen LogP contribution in [0.4, 0.5) is 5.13 Å². The molecule has 1 amide bonds. The van der Waals surface area contributed by atoms with E-state index in [0.717, 1.165) is 12.8 Å². The van der Waals surface area contributed by atoms with Gasteiger partial charge in [-0.15, -0.1) is 0 Å². The van der Waals surface area contributed by atoms with Gasteiger partial charge in [0.05, 0.1) is 12.3 Å². The molecule has 5 nitrogen and oxygen atoms in total. The fourth-order valence-corrected chi connectivity index (χ4v) is 2.90. The van der Waals surface area contributed by atoms with Gasteiger partial charge in [-0.2, -0.15) is 0 Å². The van der Waals surface area contributed by atoms with Crippen LogP contribution in [-0.2, 0) is 4.74 Å². The Labute approximate surface area is 118 Å². The Kier molecular flexibility index (Phi) is 6.24. The van der Waals surface area contributed by atoms with Crippen LogP contribution < -0.4 is 5.73 Å². The number of carbonyl (C=O) groups is 1. The van der Waals surface area contributed by atoms with E-state index in [4.69, 9.17) is 10.5 Å². The van der Waals surface area contributed by atoms with Crippen molar-refractivity contribution in [2.75, 3.05) is 26.0 Å². The third-order valence-electron chi connectivity index (χ3n) is 3.19. The Balaban J connectivity index is 2.96. The van der Waals surface area contributed by atoms with Crippen molar-refractivity contribution in [2.24, 2.45) is 0 Å². The van der Waals surface area contributed by atoms with E-state index in [0.29, 0.717) is 28.9 Å². The highest BCUT2D eigenvalue weighted by Gasteiger charge is 2.25. The van der Waals surface area contributed by atoms with Gasteiger partial charge >= 0.3 is 0 Å². The zero-order valence-electron chi connectivity index (χ0n) is 12.1. The average molecular weight is 285 g/mol. The van der Waals surface area contributed by atoms with Gasteiger partial charge in [-0.05, 0) is 19.8 Å². The lowest BCUT2D eigenvalue weighted by Crippen LogP contribution is -2.41. The maximum atomic E-state index is 12.6. The molecule has 19 heavy (non-hydrogen) atoms. The van der Waals surface area contributed by atoms with Crippen molar-refractivity contribution in [3.8, 4) is 0 Å². The molecule has 0 aromatic carbocycles. The summed E-state index contributed by atoms with van der Waals surface area (Å²) in [4.78, 5) is 19.3. The molecule has 1 heterocycles. The number of hydrogen-bond donors (Lipinski definition) is 1. The maximum absolute atomic E-state index is 12.6. The van der Waals surface area contributed by atoms with E-state index < -0.39 is 0 Å². The molecular formula is C13H23N3O2S. The van der Waals surface area contributed by atoms with Crippen molar-refractivity contribution in [3.63, 3.8) is 0 Å². The first-order valence-corrected chi connectivity index (χ1v) is 7.39. The molecule has 0 aliphatic carbocycles. The minimum Gasteiger partial charge on any atom is -0.383 e. The second kappa shape index (κ2) is 7.45. The molecule has 0 saturated heterocycles. The molecule has 0 atom stereocenters. The van der Waals surface area contributed by atoms with E-state index >= 15 is 0 Å². The number of nitrogens with two attached hydrogens (primary N) is 1. The van der Waals surface area contributed by atoms with Gasteiger partial charge in [-0.3, -0.25) is 4.79 Å². The summed E-state index contributed by atoms with van der Waals surface area (Å²) in [6.45, 7) is 7.14. The molecule has 0 unspecified atom stereocenters. The van der Waals surface area contributed by atoms with Crippen LogP contribution in [0.2, 0.25) is 0 Å². The van der Waals surface area contributed by atoms with Gasteiger partial charge in [0.2, 0.25) is 0 Å². The number of aryl methyl sites for hydroxylation is 1. The predicted octanol–water partition coefficient (Wildman–Crippen LogP) is 2.31. The summed E-state index contributed by atoms with van der Waals surface area (Å²) < 4.78 is 5.10. The Morgan fingerprint density at radius 1 is 1.47 bits per heavy atom. The van der Waals surface area contributed by atoms with Crippen LogP contribution in [0, 0.1) is 6.92 Å². The summed E-state index contributed by atoms with van der Waals surface area (Å²) in [6, 6.07) is 0.227. The number of rotatable bonds is 7. The Morgan fingerprint density at radius 3 is 2.53 bits per heavy atom. The topological polar surface area (TPSA) is 68.5 Å². The third-order valence-corrected chi connectivity index (χ3v) is 4.16. The van der Waals surface area contributed by atoms with Gasteiger partial charge in [-0.1, -0.05) is 25.2 Å². The summed E-state index contributed by atoms with van der Waals surface area (Å²) in [5, 5.41) is 0.442. The summed E-state index contributed by atoms with van der Waals surface area (Å²) in [5.41, 5.74) is 6.38.